The molecule has 0 fully saturated rings. The van der Waals surface area contributed by atoms with Gasteiger partial charge < -0.3 is 4.74 Å². The molecule has 0 aliphatic carbocycles. The van der Waals surface area contributed by atoms with E-state index in [1.54, 1.807) is 51.1 Å². The summed E-state index contributed by atoms with van der Waals surface area (Å²) in [6.45, 7) is 5.30. The highest BCUT2D eigenvalue weighted by Crippen LogP contribution is 2.41. The number of benzene rings is 2. The smallest absolute Gasteiger partial charge is 0.410 e. The van der Waals surface area contributed by atoms with Gasteiger partial charge in [-0.15, -0.1) is 0 Å². The summed E-state index contributed by atoms with van der Waals surface area (Å²) < 4.78 is 63.1. The highest BCUT2D eigenvalue weighted by Gasteiger charge is 2.40. The van der Waals surface area contributed by atoms with Crippen molar-refractivity contribution in [2.75, 3.05) is 19.4 Å². The lowest BCUT2D eigenvalue weighted by Gasteiger charge is -2.37. The molecule has 1 amide bonds. The second-order valence-corrected chi connectivity index (χ2v) is 13.1. The van der Waals surface area contributed by atoms with Crippen molar-refractivity contribution in [3.8, 4) is 0 Å². The number of fused-ring (bicyclic) bond motifs is 3. The molecule has 0 N–H and O–H groups in total. The number of para-hydroxylation sites is 1. The summed E-state index contributed by atoms with van der Waals surface area (Å²) in [5.74, 6) is 0. The zero-order valence-corrected chi connectivity index (χ0v) is 22.3. The first-order chi connectivity index (χ1) is 16.8. The quantitative estimate of drug-likeness (QED) is 0.438. The zero-order valence-electron chi connectivity index (χ0n) is 20.7. The fourth-order valence-electron chi connectivity index (χ4n) is 4.53. The monoisotopic (exact) mass is 534 g/mol. The summed E-state index contributed by atoms with van der Waals surface area (Å²) in [5.41, 5.74) is 0.934. The second kappa shape index (κ2) is 9.53. The molecule has 36 heavy (non-hydrogen) atoms. The van der Waals surface area contributed by atoms with E-state index in [4.69, 9.17) is 8.92 Å². The minimum atomic E-state index is -4.06. The Balaban J connectivity index is 1.93. The molecule has 2 aromatic carbocycles. The van der Waals surface area contributed by atoms with Crippen molar-refractivity contribution in [1.29, 1.82) is 0 Å². The molecule has 1 aromatic heterocycles. The lowest BCUT2D eigenvalue weighted by Crippen LogP contribution is -2.44. The van der Waals surface area contributed by atoms with Crippen molar-refractivity contribution in [2.45, 2.75) is 50.2 Å². The van der Waals surface area contributed by atoms with E-state index in [2.05, 4.69) is 0 Å². The number of hydrogen-bond acceptors (Lipinski definition) is 7. The van der Waals surface area contributed by atoms with Crippen LogP contribution in [0, 0.1) is 0 Å². The number of carbonyl (C=O) groups is 1. The van der Waals surface area contributed by atoms with Gasteiger partial charge in [0.25, 0.3) is 20.1 Å². The molecule has 11 heteroatoms. The molecule has 4 rings (SSSR count). The summed E-state index contributed by atoms with van der Waals surface area (Å²) in [6, 6.07) is 14.5. The minimum Gasteiger partial charge on any atom is -0.444 e. The number of rotatable bonds is 6. The van der Waals surface area contributed by atoms with E-state index >= 15 is 0 Å². The van der Waals surface area contributed by atoms with Gasteiger partial charge in [0.15, 0.2) is 0 Å². The van der Waals surface area contributed by atoms with Gasteiger partial charge in [-0.1, -0.05) is 36.4 Å². The van der Waals surface area contributed by atoms with Crippen LogP contribution >= 0.6 is 0 Å². The molecule has 0 saturated carbocycles. The van der Waals surface area contributed by atoms with Crippen molar-refractivity contribution in [1.82, 2.24) is 8.87 Å². The fraction of sp³-hybridized carbons (Fsp3) is 0.400. The summed E-state index contributed by atoms with van der Waals surface area (Å²) >= 11 is 0. The van der Waals surface area contributed by atoms with E-state index in [0.29, 0.717) is 17.6 Å². The van der Waals surface area contributed by atoms with E-state index in [1.165, 1.54) is 21.0 Å². The Kier molecular flexibility index (Phi) is 6.93. The Hall–Kier alpha value is -2.89. The zero-order chi connectivity index (χ0) is 26.3. The maximum atomic E-state index is 14.0. The van der Waals surface area contributed by atoms with Crippen LogP contribution in [-0.4, -0.2) is 56.8 Å². The highest BCUT2D eigenvalue weighted by atomic mass is 32.2. The Labute approximate surface area is 211 Å². The lowest BCUT2D eigenvalue weighted by molar-refractivity contribution is 0.0115. The number of carbonyl (C=O) groups excluding carboxylic acids is 1. The van der Waals surface area contributed by atoms with Crippen LogP contribution < -0.4 is 0 Å². The van der Waals surface area contributed by atoms with Gasteiger partial charge >= 0.3 is 6.09 Å². The Bertz CT molecular complexity index is 1490. The van der Waals surface area contributed by atoms with E-state index in [0.717, 1.165) is 17.2 Å². The van der Waals surface area contributed by atoms with Crippen LogP contribution in [0.4, 0.5) is 4.79 Å². The van der Waals surface area contributed by atoms with E-state index in [-0.39, 0.29) is 24.5 Å². The van der Waals surface area contributed by atoms with Crippen molar-refractivity contribution in [3.63, 3.8) is 0 Å². The third-order valence-corrected chi connectivity index (χ3v) is 8.21. The van der Waals surface area contributed by atoms with E-state index in [9.17, 15) is 21.6 Å². The highest BCUT2D eigenvalue weighted by molar-refractivity contribution is 7.90. The van der Waals surface area contributed by atoms with Gasteiger partial charge in [-0.2, -0.15) is 8.42 Å². The molecular formula is C25H30N2O7S2. The predicted octanol–water partition coefficient (Wildman–Crippen LogP) is 4.08. The van der Waals surface area contributed by atoms with Gasteiger partial charge in [-0.25, -0.2) is 17.2 Å². The molecular weight excluding hydrogens is 504 g/mol. The van der Waals surface area contributed by atoms with Gasteiger partial charge in [0.05, 0.1) is 35.0 Å². The third kappa shape index (κ3) is 5.28. The predicted molar refractivity (Wildman–Crippen MR) is 136 cm³/mol. The molecule has 0 spiro atoms. The Morgan fingerprint density at radius 2 is 1.64 bits per heavy atom. The Morgan fingerprint density at radius 3 is 2.28 bits per heavy atom. The minimum absolute atomic E-state index is 0.0555. The van der Waals surface area contributed by atoms with Crippen LogP contribution in [0.25, 0.3) is 10.9 Å². The topological polar surface area (TPSA) is 112 Å². The average Bonchev–Trinajstić information content (AvgIpc) is 3.13. The molecule has 194 valence electrons. The standard InChI is InChI=1S/C25H30N2O7S2/c1-25(2,3)34-24(28)26-16-14-20-19-12-8-9-13-21(19)27(36(31,32)18-10-6-5-7-11-18)23(20)22(26)15-17-33-35(4,29)30/h5-13,22H,14-17H2,1-4H3. The van der Waals surface area contributed by atoms with Gasteiger partial charge in [0, 0.05) is 11.9 Å². The van der Waals surface area contributed by atoms with Crippen molar-refractivity contribution in [3.05, 3.63) is 65.9 Å². The van der Waals surface area contributed by atoms with Crippen LogP contribution in [0.3, 0.4) is 0 Å². The molecule has 1 aliphatic rings. The molecule has 2 heterocycles. The van der Waals surface area contributed by atoms with Crippen molar-refractivity contribution >= 4 is 37.1 Å². The first-order valence-electron chi connectivity index (χ1n) is 11.6. The second-order valence-electron chi connectivity index (χ2n) is 9.72. The molecule has 9 nitrogen and oxygen atoms in total. The van der Waals surface area contributed by atoms with Crippen LogP contribution in [0.15, 0.2) is 59.5 Å². The SMILES string of the molecule is CC(C)(C)OC(=O)N1CCc2c(n(S(=O)(=O)c3ccccc3)c3ccccc23)C1CCOS(C)(=O)=O. The molecule has 0 radical (unpaired) electrons. The largest absolute Gasteiger partial charge is 0.444 e. The van der Waals surface area contributed by atoms with Crippen molar-refractivity contribution < 1.29 is 30.6 Å². The molecule has 1 atom stereocenters. The fourth-order valence-corrected chi connectivity index (χ4v) is 6.55. The number of nitrogens with zero attached hydrogens (tertiary/aromatic N) is 2. The van der Waals surface area contributed by atoms with Crippen LogP contribution in [-0.2, 0) is 35.5 Å². The number of amides is 1. The lowest BCUT2D eigenvalue weighted by atomic mass is 9.96. The van der Waals surface area contributed by atoms with Crippen LogP contribution in [0.1, 0.15) is 44.5 Å². The number of ether oxygens (including phenoxy) is 1. The maximum Gasteiger partial charge on any atom is 0.410 e. The third-order valence-electron chi connectivity index (χ3n) is 5.87. The molecule has 3 aromatic rings. The van der Waals surface area contributed by atoms with Gasteiger partial charge in [-0.05, 0) is 57.4 Å². The van der Waals surface area contributed by atoms with Gasteiger partial charge in [0.2, 0.25) is 0 Å². The number of aromatic nitrogens is 1. The normalized spacial score (nSPS) is 16.7. The van der Waals surface area contributed by atoms with Crippen LogP contribution in [0.5, 0.6) is 0 Å². The van der Waals surface area contributed by atoms with Gasteiger partial charge in [-0.3, -0.25) is 9.08 Å². The molecule has 1 unspecified atom stereocenters. The summed E-state index contributed by atoms with van der Waals surface area (Å²) in [5, 5.41) is 0.768. The van der Waals surface area contributed by atoms with Crippen LogP contribution in [0.2, 0.25) is 0 Å². The number of hydrogen-bond donors (Lipinski definition) is 0. The molecule has 0 saturated heterocycles. The first kappa shape index (κ1) is 26.2. The Morgan fingerprint density at radius 1 is 1.00 bits per heavy atom. The summed E-state index contributed by atoms with van der Waals surface area (Å²) in [6.07, 6.45) is 0.809. The van der Waals surface area contributed by atoms with Crippen molar-refractivity contribution in [2.24, 2.45) is 0 Å². The average molecular weight is 535 g/mol. The molecule has 0 bridgehead atoms. The molecule has 1 aliphatic heterocycles. The summed E-state index contributed by atoms with van der Waals surface area (Å²) in [4.78, 5) is 14.8. The van der Waals surface area contributed by atoms with E-state index < -0.39 is 37.9 Å². The first-order valence-corrected chi connectivity index (χ1v) is 14.8. The van der Waals surface area contributed by atoms with Gasteiger partial charge in [0.1, 0.15) is 5.60 Å². The maximum absolute atomic E-state index is 14.0. The summed E-state index contributed by atoms with van der Waals surface area (Å²) in [7, 11) is -7.79. The van der Waals surface area contributed by atoms with E-state index in [1.807, 2.05) is 12.1 Å².